The van der Waals surface area contributed by atoms with Gasteiger partial charge in [-0.25, -0.2) is 0 Å². The zero-order chi connectivity index (χ0) is 33.1. The monoisotopic (exact) mass is 649 g/mol. The molecule has 0 N–H and O–H groups in total. The number of allylic oxidation sites excluding steroid dienone is 5. The molecule has 45 heavy (non-hydrogen) atoms. The van der Waals surface area contributed by atoms with E-state index in [1.165, 1.54) is 88.8 Å². The normalized spacial score (nSPS) is 11.9. The van der Waals surface area contributed by atoms with E-state index >= 15 is 0 Å². The molecule has 0 aromatic carbocycles. The minimum atomic E-state index is -0.0890. The number of esters is 1. The Morgan fingerprint density at radius 1 is 0.578 bits per heavy atom. The van der Waals surface area contributed by atoms with Gasteiger partial charge in [0.05, 0.1) is 0 Å². The zero-order valence-corrected chi connectivity index (χ0v) is 30.9. The summed E-state index contributed by atoms with van der Waals surface area (Å²) in [4.78, 5) is 29.1. The molecule has 0 unspecified atom stereocenters. The van der Waals surface area contributed by atoms with E-state index in [1.807, 2.05) is 6.08 Å². The maximum Gasteiger partial charge on any atom is 0.306 e. The summed E-state index contributed by atoms with van der Waals surface area (Å²) in [6.07, 6.45) is 38.7. The first-order chi connectivity index (χ1) is 22.0. The molecule has 262 valence electrons. The van der Waals surface area contributed by atoms with Crippen LogP contribution in [0.3, 0.4) is 0 Å². The van der Waals surface area contributed by atoms with Crippen LogP contribution in [0.1, 0.15) is 155 Å². The number of amides is 1. The van der Waals surface area contributed by atoms with E-state index in [1.54, 1.807) is 0 Å². The number of thioether (sulfide) groups is 1. The van der Waals surface area contributed by atoms with Gasteiger partial charge in [0.1, 0.15) is 6.61 Å². The van der Waals surface area contributed by atoms with Gasteiger partial charge in [-0.3, -0.25) is 9.59 Å². The minimum absolute atomic E-state index is 0.0890. The van der Waals surface area contributed by atoms with Crippen molar-refractivity contribution in [3.05, 3.63) is 36.5 Å². The first-order valence-electron chi connectivity index (χ1n) is 18.7. The third-order valence-electron chi connectivity index (χ3n) is 7.94. The fraction of sp³-hybridized carbons (Fsp3) is 0.795. The number of unbranched alkanes of at least 4 members (excludes halogenated alkanes) is 16. The Balaban J connectivity index is 4.06. The van der Waals surface area contributed by atoms with Crippen LogP contribution in [0.25, 0.3) is 0 Å². The molecular formula is C39H72N2O3S. The summed E-state index contributed by atoms with van der Waals surface area (Å²) in [6, 6.07) is 0. The lowest BCUT2D eigenvalue weighted by Crippen LogP contribution is -2.30. The summed E-state index contributed by atoms with van der Waals surface area (Å²) in [5, 5.41) is 0.232. The van der Waals surface area contributed by atoms with Crippen LogP contribution in [0.15, 0.2) is 36.5 Å². The van der Waals surface area contributed by atoms with Gasteiger partial charge in [-0.1, -0.05) is 133 Å². The van der Waals surface area contributed by atoms with Crippen LogP contribution >= 0.6 is 11.8 Å². The number of rotatable bonds is 32. The number of hydrogen-bond donors (Lipinski definition) is 0. The van der Waals surface area contributed by atoms with Crippen molar-refractivity contribution in [3.63, 3.8) is 0 Å². The van der Waals surface area contributed by atoms with Crippen molar-refractivity contribution in [2.75, 3.05) is 46.1 Å². The van der Waals surface area contributed by atoms with Crippen LogP contribution in [0.4, 0.5) is 4.79 Å². The molecule has 0 fully saturated rings. The lowest BCUT2D eigenvalue weighted by atomic mass is 10.1. The lowest BCUT2D eigenvalue weighted by Gasteiger charge is -2.22. The highest BCUT2D eigenvalue weighted by atomic mass is 32.2. The number of nitrogens with zero attached hydrogens (tertiary/aromatic N) is 2. The Morgan fingerprint density at radius 2 is 1.07 bits per heavy atom. The van der Waals surface area contributed by atoms with Crippen LogP contribution in [0, 0.1) is 0 Å². The Bertz CT molecular complexity index is 751. The van der Waals surface area contributed by atoms with Gasteiger partial charge in [-0.05, 0) is 78.3 Å². The highest BCUT2D eigenvalue weighted by Gasteiger charge is 2.13. The SMILES string of the molecule is CCCCCCC=CC/C=C/CCCCCCN(CCCCCCCC(=O)OCC=CCCCCCC)C(=O)SCCN(C)C. The van der Waals surface area contributed by atoms with Crippen molar-refractivity contribution >= 4 is 23.0 Å². The molecule has 0 radical (unpaired) electrons. The maximum atomic E-state index is 12.9. The van der Waals surface area contributed by atoms with Gasteiger partial charge >= 0.3 is 5.97 Å². The number of carbonyl (C=O) groups excluding carboxylic acids is 2. The van der Waals surface area contributed by atoms with Gasteiger partial charge in [0.2, 0.25) is 0 Å². The van der Waals surface area contributed by atoms with Crippen LogP contribution < -0.4 is 0 Å². The van der Waals surface area contributed by atoms with Crippen molar-refractivity contribution in [2.24, 2.45) is 0 Å². The average Bonchev–Trinajstić information content (AvgIpc) is 3.02. The molecular weight excluding hydrogens is 577 g/mol. The third-order valence-corrected chi connectivity index (χ3v) is 8.83. The van der Waals surface area contributed by atoms with E-state index in [-0.39, 0.29) is 11.2 Å². The van der Waals surface area contributed by atoms with Crippen LogP contribution in [-0.4, -0.2) is 67.1 Å². The molecule has 0 aliphatic rings. The Kier molecular flexibility index (Phi) is 34.1. The minimum Gasteiger partial charge on any atom is -0.461 e. The van der Waals surface area contributed by atoms with E-state index < -0.39 is 0 Å². The van der Waals surface area contributed by atoms with Crippen molar-refractivity contribution < 1.29 is 14.3 Å². The lowest BCUT2D eigenvalue weighted by molar-refractivity contribution is -0.142. The van der Waals surface area contributed by atoms with E-state index in [2.05, 4.69) is 68.1 Å². The summed E-state index contributed by atoms with van der Waals surface area (Å²) in [5.41, 5.74) is 0. The summed E-state index contributed by atoms with van der Waals surface area (Å²) in [5.74, 6) is 0.752. The highest BCUT2D eigenvalue weighted by molar-refractivity contribution is 8.13. The Hall–Kier alpha value is -1.53. The molecule has 6 heteroatoms. The smallest absolute Gasteiger partial charge is 0.306 e. The van der Waals surface area contributed by atoms with Crippen molar-refractivity contribution in [2.45, 2.75) is 155 Å². The predicted molar refractivity (Wildman–Crippen MR) is 199 cm³/mol. The second-order valence-electron chi connectivity index (χ2n) is 12.7. The van der Waals surface area contributed by atoms with E-state index in [4.69, 9.17) is 4.74 Å². The topological polar surface area (TPSA) is 49.9 Å². The molecule has 0 spiro atoms. The van der Waals surface area contributed by atoms with Crippen LogP contribution in [0.2, 0.25) is 0 Å². The first-order valence-corrected chi connectivity index (χ1v) is 19.7. The van der Waals surface area contributed by atoms with E-state index in [0.717, 1.165) is 83.2 Å². The average molecular weight is 649 g/mol. The number of hydrogen-bond acceptors (Lipinski definition) is 5. The van der Waals surface area contributed by atoms with Crippen molar-refractivity contribution in [3.8, 4) is 0 Å². The molecule has 0 aromatic rings. The fourth-order valence-corrected chi connectivity index (χ4v) is 6.00. The van der Waals surface area contributed by atoms with E-state index in [9.17, 15) is 9.59 Å². The van der Waals surface area contributed by atoms with Crippen molar-refractivity contribution in [1.29, 1.82) is 0 Å². The third kappa shape index (κ3) is 33.6. The van der Waals surface area contributed by atoms with Gasteiger partial charge in [-0.15, -0.1) is 0 Å². The molecule has 0 saturated carbocycles. The molecule has 0 aliphatic heterocycles. The maximum absolute atomic E-state index is 12.9. The largest absolute Gasteiger partial charge is 0.461 e. The van der Waals surface area contributed by atoms with Gasteiger partial charge < -0.3 is 14.5 Å². The molecule has 0 aromatic heterocycles. The summed E-state index contributed by atoms with van der Waals surface area (Å²) < 4.78 is 5.33. The molecule has 0 rings (SSSR count). The fourth-order valence-electron chi connectivity index (χ4n) is 5.01. The molecule has 0 bridgehead atoms. The van der Waals surface area contributed by atoms with E-state index in [0.29, 0.717) is 13.0 Å². The first kappa shape index (κ1) is 43.5. The second-order valence-corrected chi connectivity index (χ2v) is 13.7. The molecule has 0 saturated heterocycles. The standard InChI is InChI=1S/C39H72N2O3S/c1-5-7-9-11-13-14-15-16-17-18-19-20-21-25-29-33-41(39(43)45-37-35-40(3)4)34-30-26-23-24-28-32-38(42)44-36-31-27-22-12-10-8-6-2/h14-15,17-18,27,31H,5-13,16,19-26,28-30,32-37H2,1-4H3/b15-14?,18-17+,31-27?. The summed E-state index contributed by atoms with van der Waals surface area (Å²) in [6.45, 7) is 7.51. The Morgan fingerprint density at radius 3 is 1.62 bits per heavy atom. The summed E-state index contributed by atoms with van der Waals surface area (Å²) in [7, 11) is 4.11. The molecule has 0 aliphatic carbocycles. The quantitative estimate of drug-likeness (QED) is 0.0413. The van der Waals surface area contributed by atoms with Gasteiger partial charge in [-0.2, -0.15) is 0 Å². The van der Waals surface area contributed by atoms with Gasteiger partial charge in [0.15, 0.2) is 0 Å². The molecule has 1 amide bonds. The molecule has 5 nitrogen and oxygen atoms in total. The van der Waals surface area contributed by atoms with Crippen molar-refractivity contribution in [1.82, 2.24) is 9.80 Å². The highest BCUT2D eigenvalue weighted by Crippen LogP contribution is 2.15. The van der Waals surface area contributed by atoms with Crippen LogP contribution in [-0.2, 0) is 9.53 Å². The Labute approximate surface area is 284 Å². The zero-order valence-electron chi connectivity index (χ0n) is 30.1. The number of ether oxygens (including phenoxy) is 1. The molecule has 0 atom stereocenters. The van der Waals surface area contributed by atoms with Crippen LogP contribution in [0.5, 0.6) is 0 Å². The number of carbonyl (C=O) groups is 2. The molecule has 0 heterocycles. The predicted octanol–water partition coefficient (Wildman–Crippen LogP) is 11.5. The van der Waals surface area contributed by atoms with Gasteiger partial charge in [0.25, 0.3) is 5.24 Å². The van der Waals surface area contributed by atoms with Gasteiger partial charge in [0, 0.05) is 31.8 Å². The second kappa shape index (κ2) is 35.3. The summed E-state index contributed by atoms with van der Waals surface area (Å²) >= 11 is 1.46.